The minimum absolute atomic E-state index is 0.127. The summed E-state index contributed by atoms with van der Waals surface area (Å²) in [5.41, 5.74) is -0.881. The summed E-state index contributed by atoms with van der Waals surface area (Å²) in [6.45, 7) is 5.71. The van der Waals surface area contributed by atoms with Gasteiger partial charge in [0.2, 0.25) is 11.8 Å². The first-order valence-electron chi connectivity index (χ1n) is 7.58. The van der Waals surface area contributed by atoms with Gasteiger partial charge in [0, 0.05) is 19.2 Å². The molecule has 1 aromatic rings. The predicted molar refractivity (Wildman–Crippen MR) is 88.7 cm³/mol. The Morgan fingerprint density at radius 3 is 2.79 bits per heavy atom. The number of anilines is 1. The highest BCUT2D eigenvalue weighted by Crippen LogP contribution is 2.30. The Bertz CT molecular complexity index is 647. The number of aromatic nitrogens is 1. The molecule has 1 aromatic heterocycles. The van der Waals surface area contributed by atoms with Crippen molar-refractivity contribution in [2.24, 2.45) is 5.41 Å². The summed E-state index contributed by atoms with van der Waals surface area (Å²) in [7, 11) is 0. The van der Waals surface area contributed by atoms with Crippen LogP contribution >= 0.6 is 11.8 Å². The highest BCUT2D eigenvalue weighted by atomic mass is 32.2. The normalized spacial score (nSPS) is 21.5. The van der Waals surface area contributed by atoms with Crippen LogP contribution in [0.4, 0.5) is 5.82 Å². The Hall–Kier alpha value is -2.03. The molecule has 0 aliphatic carbocycles. The first kappa shape index (κ1) is 18.3. The van der Waals surface area contributed by atoms with Gasteiger partial charge in [0.15, 0.2) is 5.82 Å². The van der Waals surface area contributed by atoms with Crippen molar-refractivity contribution in [3.8, 4) is 0 Å². The van der Waals surface area contributed by atoms with E-state index in [1.807, 2.05) is 0 Å². The Balaban J connectivity index is 1.79. The lowest BCUT2D eigenvalue weighted by atomic mass is 9.90. The van der Waals surface area contributed by atoms with Crippen LogP contribution in [-0.4, -0.2) is 57.0 Å². The number of hydrogen-bond acceptors (Lipinski definition) is 6. The van der Waals surface area contributed by atoms with Gasteiger partial charge in [-0.2, -0.15) is 0 Å². The summed E-state index contributed by atoms with van der Waals surface area (Å²) in [6.07, 6.45) is 0.445. The number of aliphatic carboxylic acids is 1. The molecule has 2 atom stereocenters. The molecule has 0 radical (unpaired) electrons. The van der Waals surface area contributed by atoms with Crippen LogP contribution in [0.15, 0.2) is 10.6 Å². The molecular weight excluding hydrogens is 334 g/mol. The number of rotatable bonds is 6. The first-order valence-corrected chi connectivity index (χ1v) is 8.63. The minimum Gasteiger partial charge on any atom is -0.481 e. The molecule has 2 unspecified atom stereocenters. The summed E-state index contributed by atoms with van der Waals surface area (Å²) in [4.78, 5) is 37.0. The second-order valence-electron chi connectivity index (χ2n) is 6.20. The van der Waals surface area contributed by atoms with Crippen LogP contribution in [0.3, 0.4) is 0 Å². The van der Waals surface area contributed by atoms with E-state index in [0.717, 1.165) is 0 Å². The SMILES string of the molecule is Cc1cc(NC(=O)C(C)SCC(=O)N2CCC(C)(C(=O)O)C2)no1. The number of hydrogen-bond donors (Lipinski definition) is 2. The molecule has 0 bridgehead atoms. The molecule has 24 heavy (non-hydrogen) atoms. The third-order valence-corrected chi connectivity index (χ3v) is 5.18. The van der Waals surface area contributed by atoms with Crippen molar-refractivity contribution in [3.63, 3.8) is 0 Å². The number of likely N-dealkylation sites (tertiary alicyclic amines) is 1. The number of nitrogens with zero attached hydrogens (tertiary/aromatic N) is 2. The molecule has 132 valence electrons. The van der Waals surface area contributed by atoms with Crippen molar-refractivity contribution in [2.45, 2.75) is 32.4 Å². The summed E-state index contributed by atoms with van der Waals surface area (Å²) in [6, 6.07) is 1.61. The largest absolute Gasteiger partial charge is 0.481 e. The first-order chi connectivity index (χ1) is 11.2. The van der Waals surface area contributed by atoms with Crippen molar-refractivity contribution in [3.05, 3.63) is 11.8 Å². The van der Waals surface area contributed by atoms with E-state index in [-0.39, 0.29) is 24.1 Å². The van der Waals surface area contributed by atoms with Crippen molar-refractivity contribution in [1.82, 2.24) is 10.1 Å². The van der Waals surface area contributed by atoms with Crippen molar-refractivity contribution in [1.29, 1.82) is 0 Å². The average Bonchev–Trinajstić information content (AvgIpc) is 3.11. The number of amides is 2. The molecule has 2 amide bonds. The van der Waals surface area contributed by atoms with Crippen molar-refractivity contribution < 1.29 is 24.0 Å². The molecule has 2 heterocycles. The molecule has 1 fully saturated rings. The van der Waals surface area contributed by atoms with Crippen molar-refractivity contribution >= 4 is 35.4 Å². The fourth-order valence-electron chi connectivity index (χ4n) is 2.36. The van der Waals surface area contributed by atoms with Gasteiger partial charge in [0.1, 0.15) is 5.76 Å². The molecule has 0 spiro atoms. The Labute approximate surface area is 143 Å². The molecule has 8 nitrogen and oxygen atoms in total. The highest BCUT2D eigenvalue weighted by molar-refractivity contribution is 8.01. The fraction of sp³-hybridized carbons (Fsp3) is 0.600. The van der Waals surface area contributed by atoms with E-state index in [1.165, 1.54) is 11.8 Å². The van der Waals surface area contributed by atoms with Gasteiger partial charge in [-0.15, -0.1) is 11.8 Å². The zero-order valence-corrected chi connectivity index (χ0v) is 14.7. The molecule has 0 aromatic carbocycles. The van der Waals surface area contributed by atoms with Crippen LogP contribution in [0, 0.1) is 12.3 Å². The Morgan fingerprint density at radius 2 is 2.25 bits per heavy atom. The Morgan fingerprint density at radius 1 is 1.54 bits per heavy atom. The van der Waals surface area contributed by atoms with E-state index in [4.69, 9.17) is 4.52 Å². The maximum Gasteiger partial charge on any atom is 0.311 e. The smallest absolute Gasteiger partial charge is 0.311 e. The van der Waals surface area contributed by atoms with E-state index in [0.29, 0.717) is 24.5 Å². The molecule has 1 saturated heterocycles. The van der Waals surface area contributed by atoms with Gasteiger partial charge in [-0.3, -0.25) is 14.4 Å². The summed E-state index contributed by atoms with van der Waals surface area (Å²) in [5, 5.41) is 15.0. The number of nitrogens with one attached hydrogen (secondary N) is 1. The lowest BCUT2D eigenvalue weighted by Crippen LogP contribution is -2.36. The van der Waals surface area contributed by atoms with Crippen LogP contribution in [-0.2, 0) is 14.4 Å². The zero-order chi connectivity index (χ0) is 17.9. The van der Waals surface area contributed by atoms with E-state index in [2.05, 4.69) is 10.5 Å². The van der Waals surface area contributed by atoms with Crippen LogP contribution in [0.5, 0.6) is 0 Å². The summed E-state index contributed by atoms with van der Waals surface area (Å²) in [5.74, 6) is -0.243. The van der Waals surface area contributed by atoms with Crippen LogP contribution in [0.25, 0.3) is 0 Å². The third kappa shape index (κ3) is 4.28. The maximum atomic E-state index is 12.2. The standard InChI is InChI=1S/C15H21N3O5S/c1-9-6-11(17-23-9)16-13(20)10(2)24-7-12(19)18-5-4-15(3,8-18)14(21)22/h6,10H,4-5,7-8H2,1-3H3,(H,21,22)(H,16,17,20). The topological polar surface area (TPSA) is 113 Å². The highest BCUT2D eigenvalue weighted by Gasteiger charge is 2.42. The summed E-state index contributed by atoms with van der Waals surface area (Å²) < 4.78 is 4.87. The second-order valence-corrected chi connectivity index (χ2v) is 7.53. The lowest BCUT2D eigenvalue weighted by Gasteiger charge is -2.20. The zero-order valence-electron chi connectivity index (χ0n) is 13.9. The lowest BCUT2D eigenvalue weighted by molar-refractivity contribution is -0.147. The van der Waals surface area contributed by atoms with Gasteiger partial charge in [0.25, 0.3) is 0 Å². The number of carboxylic acid groups (broad SMARTS) is 1. The number of carboxylic acids is 1. The van der Waals surface area contributed by atoms with Gasteiger partial charge in [-0.05, 0) is 27.2 Å². The Kier molecular flexibility index (Phi) is 5.53. The maximum absolute atomic E-state index is 12.2. The number of thioether (sulfide) groups is 1. The minimum atomic E-state index is -0.888. The quantitative estimate of drug-likeness (QED) is 0.792. The summed E-state index contributed by atoms with van der Waals surface area (Å²) >= 11 is 1.20. The van der Waals surface area contributed by atoms with E-state index >= 15 is 0 Å². The molecule has 0 saturated carbocycles. The monoisotopic (exact) mass is 355 g/mol. The van der Waals surface area contributed by atoms with Gasteiger partial charge >= 0.3 is 5.97 Å². The van der Waals surface area contributed by atoms with E-state index < -0.39 is 16.6 Å². The number of carbonyl (C=O) groups excluding carboxylic acids is 2. The average molecular weight is 355 g/mol. The molecule has 1 aliphatic rings. The van der Waals surface area contributed by atoms with Gasteiger partial charge < -0.3 is 19.8 Å². The number of aryl methyl sites for hydroxylation is 1. The van der Waals surface area contributed by atoms with Gasteiger partial charge in [-0.1, -0.05) is 5.16 Å². The van der Waals surface area contributed by atoms with Crippen molar-refractivity contribution in [2.75, 3.05) is 24.2 Å². The van der Waals surface area contributed by atoms with Crippen LogP contribution in [0.1, 0.15) is 26.0 Å². The third-order valence-electron chi connectivity index (χ3n) is 4.05. The van der Waals surface area contributed by atoms with Gasteiger partial charge in [0.05, 0.1) is 16.4 Å². The van der Waals surface area contributed by atoms with Crippen LogP contribution in [0.2, 0.25) is 0 Å². The second kappa shape index (κ2) is 7.25. The van der Waals surface area contributed by atoms with Crippen LogP contribution < -0.4 is 5.32 Å². The molecule has 2 rings (SSSR count). The molecule has 2 N–H and O–H groups in total. The number of carbonyl (C=O) groups is 3. The van der Waals surface area contributed by atoms with Gasteiger partial charge in [-0.25, -0.2) is 0 Å². The fourth-order valence-corrected chi connectivity index (χ4v) is 3.15. The molecule has 9 heteroatoms. The predicted octanol–water partition coefficient (Wildman–Crippen LogP) is 1.37. The van der Waals surface area contributed by atoms with E-state index in [1.54, 1.807) is 31.7 Å². The molecule has 1 aliphatic heterocycles. The van der Waals surface area contributed by atoms with E-state index in [9.17, 15) is 19.5 Å². The molecular formula is C15H21N3O5S.